The van der Waals surface area contributed by atoms with Crippen molar-refractivity contribution in [1.82, 2.24) is 9.47 Å². The number of carboxylic acid groups (broad SMARTS) is 1. The summed E-state index contributed by atoms with van der Waals surface area (Å²) in [5, 5.41) is 9.94. The number of halogens is 4. The molecule has 1 amide bonds. The topological polar surface area (TPSA) is 82.8 Å². The van der Waals surface area contributed by atoms with Crippen LogP contribution in [0.1, 0.15) is 41.7 Å². The molecule has 11 heteroatoms. The fourth-order valence-corrected chi connectivity index (χ4v) is 5.08. The number of piperazine rings is 1. The maximum absolute atomic E-state index is 12.8. The molecule has 2 aliphatic heterocycles. The first-order valence-electron chi connectivity index (χ1n) is 10.3. The Morgan fingerprint density at radius 3 is 2.44 bits per heavy atom. The van der Waals surface area contributed by atoms with E-state index in [2.05, 4.69) is 0 Å². The highest BCUT2D eigenvalue weighted by atomic mass is 35.5. The second kappa shape index (κ2) is 7.99. The van der Waals surface area contributed by atoms with E-state index in [1.165, 1.54) is 12.3 Å². The van der Waals surface area contributed by atoms with Gasteiger partial charge in [0.15, 0.2) is 0 Å². The molecule has 4 rings (SSSR count). The van der Waals surface area contributed by atoms with Gasteiger partial charge >= 0.3 is 18.1 Å². The zero-order chi connectivity index (χ0) is 23.4. The quantitative estimate of drug-likeness (QED) is 0.741. The average Bonchev–Trinajstić information content (AvgIpc) is 2.74. The van der Waals surface area contributed by atoms with Gasteiger partial charge in [0.05, 0.1) is 16.2 Å². The smallest absolute Gasteiger partial charge is 0.471 e. The summed E-state index contributed by atoms with van der Waals surface area (Å²) in [5.74, 6) is -3.17. The summed E-state index contributed by atoms with van der Waals surface area (Å²) in [6, 6.07) is 1.46. The summed E-state index contributed by atoms with van der Waals surface area (Å²) < 4.78 is 40.1. The van der Waals surface area contributed by atoms with Crippen LogP contribution in [0.2, 0.25) is 5.02 Å². The minimum Gasteiger partial charge on any atom is -0.477 e. The molecule has 1 atom stereocenters. The highest BCUT2D eigenvalue weighted by molar-refractivity contribution is 6.34. The van der Waals surface area contributed by atoms with Crippen LogP contribution in [0.3, 0.4) is 0 Å². The monoisotopic (exact) mass is 471 g/mol. The van der Waals surface area contributed by atoms with Gasteiger partial charge in [-0.05, 0) is 25.3 Å². The van der Waals surface area contributed by atoms with Gasteiger partial charge in [-0.15, -0.1) is 0 Å². The van der Waals surface area contributed by atoms with Crippen molar-refractivity contribution in [2.45, 2.75) is 38.4 Å². The number of anilines is 1. The van der Waals surface area contributed by atoms with E-state index < -0.39 is 23.5 Å². The van der Waals surface area contributed by atoms with Crippen LogP contribution in [-0.4, -0.2) is 58.8 Å². The van der Waals surface area contributed by atoms with Crippen LogP contribution >= 0.6 is 11.6 Å². The van der Waals surface area contributed by atoms with E-state index in [4.69, 9.17) is 11.6 Å². The molecule has 1 fully saturated rings. The van der Waals surface area contributed by atoms with Gasteiger partial charge in [0, 0.05) is 49.4 Å². The number of amides is 1. The van der Waals surface area contributed by atoms with E-state index in [1.807, 2.05) is 16.4 Å². The third-order valence-electron chi connectivity index (χ3n) is 6.29. The van der Waals surface area contributed by atoms with Crippen molar-refractivity contribution in [2.24, 2.45) is 0 Å². The van der Waals surface area contributed by atoms with Gasteiger partial charge in [-0.25, -0.2) is 4.79 Å². The second-order valence-corrected chi connectivity index (χ2v) is 8.45. The Bertz CT molecular complexity index is 1170. The molecule has 172 valence electrons. The van der Waals surface area contributed by atoms with Crippen molar-refractivity contribution < 1.29 is 27.9 Å². The molecule has 0 bridgehead atoms. The fraction of sp³-hybridized carbons (Fsp3) is 0.476. The van der Waals surface area contributed by atoms with Gasteiger partial charge in [-0.3, -0.25) is 9.59 Å². The molecule has 0 spiro atoms. The summed E-state index contributed by atoms with van der Waals surface area (Å²) in [4.78, 5) is 38.6. The number of aryl methyl sites for hydroxylation is 1. The molecule has 0 radical (unpaired) electrons. The summed E-state index contributed by atoms with van der Waals surface area (Å²) in [7, 11) is 0. The number of hydrogen-bond acceptors (Lipinski definition) is 4. The standard InChI is InChI=1S/C21H21ClF3N3O4/c1-2-11-3-4-12-16-13(18(29)14(19(30)31)10-28(11)16)9-15(22)17(12)26-5-7-27(8-6-26)20(32)21(23,24)25/h9-11H,2-8H2,1H3,(H,30,31). The number of carbonyl (C=O) groups is 2. The van der Waals surface area contributed by atoms with Crippen LogP contribution in [0.5, 0.6) is 0 Å². The van der Waals surface area contributed by atoms with Crippen molar-refractivity contribution in [2.75, 3.05) is 31.1 Å². The van der Waals surface area contributed by atoms with Crippen molar-refractivity contribution >= 4 is 40.1 Å². The number of pyridine rings is 1. The SMILES string of the molecule is CCC1CCc2c(N3CCN(C(=O)C(F)(F)F)CC3)c(Cl)cc3c(=O)c(C(=O)O)cn1c23. The van der Waals surface area contributed by atoms with Crippen LogP contribution in [-0.2, 0) is 11.2 Å². The average molecular weight is 472 g/mol. The molecule has 2 aliphatic rings. The number of nitrogens with zero attached hydrogens (tertiary/aromatic N) is 3. The highest BCUT2D eigenvalue weighted by Crippen LogP contribution is 2.41. The van der Waals surface area contributed by atoms with Gasteiger partial charge in [0.25, 0.3) is 0 Å². The number of rotatable bonds is 3. The molecule has 1 saturated heterocycles. The Morgan fingerprint density at radius 2 is 1.88 bits per heavy atom. The first-order chi connectivity index (χ1) is 15.0. The zero-order valence-electron chi connectivity index (χ0n) is 17.2. The summed E-state index contributed by atoms with van der Waals surface area (Å²) in [6.45, 7) is 2.10. The molecule has 1 N–H and O–H groups in total. The molecule has 1 aromatic heterocycles. The maximum Gasteiger partial charge on any atom is 0.471 e. The third-order valence-corrected chi connectivity index (χ3v) is 6.58. The third kappa shape index (κ3) is 3.60. The van der Waals surface area contributed by atoms with E-state index in [0.29, 0.717) is 24.0 Å². The van der Waals surface area contributed by atoms with Crippen LogP contribution in [0.4, 0.5) is 18.9 Å². The van der Waals surface area contributed by atoms with E-state index >= 15 is 0 Å². The highest BCUT2D eigenvalue weighted by Gasteiger charge is 2.43. The Labute approximate surface area is 186 Å². The first-order valence-corrected chi connectivity index (χ1v) is 10.7. The van der Waals surface area contributed by atoms with Gasteiger partial charge < -0.3 is 19.5 Å². The minimum absolute atomic E-state index is 0.0129. The lowest BCUT2D eigenvalue weighted by molar-refractivity contribution is -0.185. The van der Waals surface area contributed by atoms with E-state index in [9.17, 15) is 32.7 Å². The number of aromatic carboxylic acids is 1. The maximum atomic E-state index is 12.8. The summed E-state index contributed by atoms with van der Waals surface area (Å²) in [6.07, 6.45) is -1.49. The van der Waals surface area contributed by atoms with Crippen molar-refractivity contribution in [3.8, 4) is 0 Å². The van der Waals surface area contributed by atoms with Gasteiger partial charge in [-0.2, -0.15) is 13.2 Å². The van der Waals surface area contributed by atoms with Crippen LogP contribution in [0.15, 0.2) is 17.1 Å². The molecular weight excluding hydrogens is 451 g/mol. The molecule has 0 aliphatic carbocycles. The zero-order valence-corrected chi connectivity index (χ0v) is 18.0. The van der Waals surface area contributed by atoms with Crippen LogP contribution in [0.25, 0.3) is 10.9 Å². The molecule has 7 nitrogen and oxygen atoms in total. The Balaban J connectivity index is 1.80. The lowest BCUT2D eigenvalue weighted by atomic mass is 9.92. The molecular formula is C21H21ClF3N3O4. The molecule has 32 heavy (non-hydrogen) atoms. The van der Waals surface area contributed by atoms with Crippen molar-refractivity contribution in [3.05, 3.63) is 38.6 Å². The predicted octanol–water partition coefficient (Wildman–Crippen LogP) is 3.46. The lowest BCUT2D eigenvalue weighted by Gasteiger charge is -2.39. The van der Waals surface area contributed by atoms with E-state index in [0.717, 1.165) is 16.9 Å². The Morgan fingerprint density at radius 1 is 1.22 bits per heavy atom. The number of carbonyl (C=O) groups excluding carboxylic acids is 1. The van der Waals surface area contributed by atoms with Crippen molar-refractivity contribution in [1.29, 1.82) is 0 Å². The lowest BCUT2D eigenvalue weighted by Crippen LogP contribution is -2.52. The van der Waals surface area contributed by atoms with Gasteiger partial charge in [0.1, 0.15) is 5.56 Å². The number of hydrogen-bond donors (Lipinski definition) is 1. The fourth-order valence-electron chi connectivity index (χ4n) is 4.74. The second-order valence-electron chi connectivity index (χ2n) is 8.04. The summed E-state index contributed by atoms with van der Waals surface area (Å²) >= 11 is 6.54. The Kier molecular flexibility index (Phi) is 5.60. The van der Waals surface area contributed by atoms with Crippen LogP contribution < -0.4 is 10.3 Å². The summed E-state index contributed by atoms with van der Waals surface area (Å²) in [5.41, 5.74) is 1.08. The number of alkyl halides is 3. The normalized spacial score (nSPS) is 18.8. The van der Waals surface area contributed by atoms with E-state index in [-0.39, 0.29) is 48.2 Å². The molecule has 0 saturated carbocycles. The predicted molar refractivity (Wildman–Crippen MR) is 113 cm³/mol. The molecule has 1 unspecified atom stereocenters. The Hall–Kier alpha value is -2.75. The largest absolute Gasteiger partial charge is 0.477 e. The first kappa shape index (κ1) is 22.4. The minimum atomic E-state index is -4.91. The van der Waals surface area contributed by atoms with Crippen LogP contribution in [0, 0.1) is 0 Å². The number of carboxylic acids is 1. The number of benzene rings is 1. The molecule has 1 aromatic carbocycles. The van der Waals surface area contributed by atoms with Crippen molar-refractivity contribution in [3.63, 3.8) is 0 Å². The van der Waals surface area contributed by atoms with E-state index in [1.54, 1.807) is 0 Å². The molecule has 3 heterocycles. The van der Waals surface area contributed by atoms with Gasteiger partial charge in [0.2, 0.25) is 5.43 Å². The number of aromatic nitrogens is 1. The molecule has 2 aromatic rings. The van der Waals surface area contributed by atoms with Gasteiger partial charge in [-0.1, -0.05) is 18.5 Å².